The first-order valence-corrected chi connectivity index (χ1v) is 8.92. The van der Waals surface area contributed by atoms with Crippen LogP contribution in [0.2, 0.25) is 5.02 Å². The summed E-state index contributed by atoms with van der Waals surface area (Å²) in [5.74, 6) is 3.28. The van der Waals surface area contributed by atoms with Gasteiger partial charge in [-0.05, 0) is 37.2 Å². The number of nitrogens with one attached hydrogen (secondary N) is 2. The Labute approximate surface area is 156 Å². The fraction of sp³-hybridized carbons (Fsp3) is 0.316. The molecule has 4 rings (SSSR count). The number of aryl methyl sites for hydroxylation is 1. The largest absolute Gasteiger partial charge is 0.496 e. The maximum atomic E-state index is 6.01. The molecule has 1 aliphatic heterocycles. The molecule has 0 bridgehead atoms. The first kappa shape index (κ1) is 17.0. The van der Waals surface area contributed by atoms with Crippen LogP contribution in [0.25, 0.3) is 11.0 Å². The monoisotopic (exact) mass is 373 g/mol. The number of hydrogen-bond acceptors (Lipinski definition) is 5. The zero-order chi connectivity index (χ0) is 17.9. The lowest BCUT2D eigenvalue weighted by Crippen LogP contribution is -2.16. The maximum Gasteiger partial charge on any atom is 0.231 e. The van der Waals surface area contributed by atoms with Gasteiger partial charge in [0, 0.05) is 29.6 Å². The van der Waals surface area contributed by atoms with Crippen molar-refractivity contribution in [1.82, 2.24) is 15.3 Å². The van der Waals surface area contributed by atoms with Gasteiger partial charge in [0.2, 0.25) is 6.79 Å². The Hall–Kier alpha value is -2.44. The van der Waals surface area contributed by atoms with Crippen molar-refractivity contribution in [2.45, 2.75) is 19.4 Å². The standard InChI is InChI=1S/C19H20ClN3O3/c1-24-16-9-18-17(25-11-26-18)7-12(16)10-21-6-2-3-19-22-14-5-4-13(20)8-15(14)23-19/h4-5,7-9,21H,2-3,6,10-11H2,1H3,(H,22,23). The molecule has 2 N–H and O–H groups in total. The number of methoxy groups -OCH3 is 1. The number of H-pyrrole nitrogens is 1. The SMILES string of the molecule is COc1cc2c(cc1CNCCCc1nc3ccc(Cl)cc3[nH]1)OCO2. The van der Waals surface area contributed by atoms with Crippen LogP contribution in [-0.2, 0) is 13.0 Å². The zero-order valence-electron chi connectivity index (χ0n) is 14.5. The molecule has 0 atom stereocenters. The highest BCUT2D eigenvalue weighted by Crippen LogP contribution is 2.37. The van der Waals surface area contributed by atoms with Crippen LogP contribution >= 0.6 is 11.6 Å². The van der Waals surface area contributed by atoms with E-state index in [1.165, 1.54) is 0 Å². The molecular formula is C19H20ClN3O3. The van der Waals surface area contributed by atoms with Gasteiger partial charge < -0.3 is 24.5 Å². The van der Waals surface area contributed by atoms with Gasteiger partial charge in [-0.15, -0.1) is 0 Å². The van der Waals surface area contributed by atoms with Crippen LogP contribution in [0.15, 0.2) is 30.3 Å². The number of benzene rings is 2. The number of nitrogens with zero attached hydrogens (tertiary/aromatic N) is 1. The van der Waals surface area contributed by atoms with Crippen molar-refractivity contribution in [3.63, 3.8) is 0 Å². The minimum Gasteiger partial charge on any atom is -0.496 e. The van der Waals surface area contributed by atoms with Crippen LogP contribution in [-0.4, -0.2) is 30.4 Å². The van der Waals surface area contributed by atoms with E-state index < -0.39 is 0 Å². The van der Waals surface area contributed by atoms with E-state index in [4.69, 9.17) is 25.8 Å². The molecule has 0 unspecified atom stereocenters. The lowest BCUT2D eigenvalue weighted by Gasteiger charge is -2.10. The molecule has 0 amide bonds. The molecule has 0 radical (unpaired) electrons. The summed E-state index contributed by atoms with van der Waals surface area (Å²) < 4.78 is 16.3. The summed E-state index contributed by atoms with van der Waals surface area (Å²) in [4.78, 5) is 7.90. The summed E-state index contributed by atoms with van der Waals surface area (Å²) in [7, 11) is 1.66. The van der Waals surface area contributed by atoms with Gasteiger partial charge in [0.05, 0.1) is 18.1 Å². The number of aromatic nitrogens is 2. The van der Waals surface area contributed by atoms with Crippen LogP contribution in [0.1, 0.15) is 17.8 Å². The summed E-state index contributed by atoms with van der Waals surface area (Å²) >= 11 is 6.01. The fourth-order valence-electron chi connectivity index (χ4n) is 3.05. The Morgan fingerprint density at radius 2 is 2.08 bits per heavy atom. The number of fused-ring (bicyclic) bond motifs is 2. The normalized spacial score (nSPS) is 12.7. The Morgan fingerprint density at radius 3 is 2.92 bits per heavy atom. The van der Waals surface area contributed by atoms with E-state index in [9.17, 15) is 0 Å². The second kappa shape index (κ2) is 7.43. The molecule has 2 heterocycles. The quantitative estimate of drug-likeness (QED) is 0.618. The van der Waals surface area contributed by atoms with Gasteiger partial charge in [0.1, 0.15) is 11.6 Å². The smallest absolute Gasteiger partial charge is 0.231 e. The Morgan fingerprint density at radius 1 is 1.23 bits per heavy atom. The molecule has 0 fully saturated rings. The summed E-state index contributed by atoms with van der Waals surface area (Å²) in [5.41, 5.74) is 2.98. The number of hydrogen-bond donors (Lipinski definition) is 2. The van der Waals surface area contributed by atoms with Crippen LogP contribution < -0.4 is 19.5 Å². The first-order chi connectivity index (χ1) is 12.7. The predicted molar refractivity (Wildman–Crippen MR) is 100 cm³/mol. The summed E-state index contributed by atoms with van der Waals surface area (Å²) in [6.45, 7) is 1.84. The number of rotatable bonds is 7. The Balaban J connectivity index is 1.30. The van der Waals surface area contributed by atoms with Gasteiger partial charge in [-0.3, -0.25) is 0 Å². The molecule has 0 saturated heterocycles. The maximum absolute atomic E-state index is 6.01. The second-order valence-electron chi connectivity index (χ2n) is 6.14. The van der Waals surface area contributed by atoms with Crippen LogP contribution in [0, 0.1) is 0 Å². The third-order valence-corrected chi connectivity index (χ3v) is 4.59. The molecule has 26 heavy (non-hydrogen) atoms. The summed E-state index contributed by atoms with van der Waals surface area (Å²) in [6.07, 6.45) is 1.85. The number of imidazole rings is 1. The fourth-order valence-corrected chi connectivity index (χ4v) is 3.22. The molecule has 1 aromatic heterocycles. The van der Waals surface area contributed by atoms with Gasteiger partial charge in [-0.25, -0.2) is 4.98 Å². The lowest BCUT2D eigenvalue weighted by atomic mass is 10.1. The van der Waals surface area contributed by atoms with Crippen molar-refractivity contribution in [3.05, 3.63) is 46.7 Å². The average molecular weight is 374 g/mol. The van der Waals surface area contributed by atoms with E-state index in [0.29, 0.717) is 11.6 Å². The van der Waals surface area contributed by atoms with E-state index >= 15 is 0 Å². The predicted octanol–water partition coefficient (Wildman–Crippen LogP) is 3.68. The van der Waals surface area contributed by atoms with Crippen molar-refractivity contribution < 1.29 is 14.2 Å². The van der Waals surface area contributed by atoms with Crippen LogP contribution in [0.3, 0.4) is 0 Å². The third kappa shape index (κ3) is 3.57. The van der Waals surface area contributed by atoms with Crippen molar-refractivity contribution in [1.29, 1.82) is 0 Å². The zero-order valence-corrected chi connectivity index (χ0v) is 15.2. The molecule has 0 spiro atoms. The Bertz CT molecular complexity index is 926. The molecule has 7 heteroatoms. The molecular weight excluding hydrogens is 354 g/mol. The number of aromatic amines is 1. The highest BCUT2D eigenvalue weighted by molar-refractivity contribution is 6.31. The highest BCUT2D eigenvalue weighted by Gasteiger charge is 2.17. The van der Waals surface area contributed by atoms with Gasteiger partial charge in [-0.1, -0.05) is 11.6 Å². The Kier molecular flexibility index (Phi) is 4.86. The molecule has 2 aromatic carbocycles. The van der Waals surface area contributed by atoms with E-state index in [2.05, 4.69) is 15.3 Å². The van der Waals surface area contributed by atoms with E-state index in [1.807, 2.05) is 30.3 Å². The van der Waals surface area contributed by atoms with Gasteiger partial charge >= 0.3 is 0 Å². The van der Waals surface area contributed by atoms with Gasteiger partial charge in [0.15, 0.2) is 11.5 Å². The van der Waals surface area contributed by atoms with Gasteiger partial charge in [-0.2, -0.15) is 0 Å². The van der Waals surface area contributed by atoms with E-state index in [0.717, 1.165) is 59.1 Å². The molecule has 0 aliphatic carbocycles. The first-order valence-electron chi connectivity index (χ1n) is 8.54. The van der Waals surface area contributed by atoms with Crippen LogP contribution in [0.4, 0.5) is 0 Å². The van der Waals surface area contributed by atoms with E-state index in [-0.39, 0.29) is 6.79 Å². The van der Waals surface area contributed by atoms with Crippen LogP contribution in [0.5, 0.6) is 17.2 Å². The minimum absolute atomic E-state index is 0.262. The third-order valence-electron chi connectivity index (χ3n) is 4.35. The summed E-state index contributed by atoms with van der Waals surface area (Å²) in [5, 5.41) is 4.16. The second-order valence-corrected chi connectivity index (χ2v) is 6.58. The number of halogens is 1. The molecule has 136 valence electrons. The van der Waals surface area contributed by atoms with Crippen molar-refractivity contribution >= 4 is 22.6 Å². The van der Waals surface area contributed by atoms with Gasteiger partial charge in [0.25, 0.3) is 0 Å². The molecule has 0 saturated carbocycles. The number of ether oxygens (including phenoxy) is 3. The summed E-state index contributed by atoms with van der Waals surface area (Å²) in [6, 6.07) is 9.53. The molecule has 6 nitrogen and oxygen atoms in total. The van der Waals surface area contributed by atoms with Crippen molar-refractivity contribution in [3.8, 4) is 17.2 Å². The van der Waals surface area contributed by atoms with E-state index in [1.54, 1.807) is 7.11 Å². The molecule has 3 aromatic rings. The topological polar surface area (TPSA) is 68.4 Å². The lowest BCUT2D eigenvalue weighted by molar-refractivity contribution is 0.174. The highest BCUT2D eigenvalue weighted by atomic mass is 35.5. The van der Waals surface area contributed by atoms with Crippen molar-refractivity contribution in [2.24, 2.45) is 0 Å². The average Bonchev–Trinajstić information content (AvgIpc) is 3.25. The minimum atomic E-state index is 0.262. The van der Waals surface area contributed by atoms with Crippen molar-refractivity contribution in [2.75, 3.05) is 20.4 Å². The molecule has 1 aliphatic rings.